The van der Waals surface area contributed by atoms with Gasteiger partial charge in [-0.2, -0.15) is 0 Å². The molecular weight excluding hydrogens is 402 g/mol. The van der Waals surface area contributed by atoms with Crippen molar-refractivity contribution in [1.82, 2.24) is 0 Å². The van der Waals surface area contributed by atoms with Crippen molar-refractivity contribution in [1.29, 1.82) is 0 Å². The molecule has 1 heterocycles. The fraction of sp³-hybridized carbons (Fsp3) is 0.0556. The zero-order chi connectivity index (χ0) is 20.3. The van der Waals surface area contributed by atoms with Gasteiger partial charge in [-0.25, -0.2) is 18.4 Å². The van der Waals surface area contributed by atoms with Crippen molar-refractivity contribution in [3.8, 4) is 0 Å². The summed E-state index contributed by atoms with van der Waals surface area (Å²) in [5.41, 5.74) is 6.36. The molecule has 3 aromatic rings. The number of rotatable bonds is 7. The van der Waals surface area contributed by atoms with Crippen LogP contribution in [0.25, 0.3) is 0 Å². The third-order valence-electron chi connectivity index (χ3n) is 3.74. The summed E-state index contributed by atoms with van der Waals surface area (Å²) in [5, 5.41) is 17.8. The van der Waals surface area contributed by atoms with Crippen LogP contribution >= 0.6 is 11.8 Å². The number of primary sulfonamides is 1. The Labute approximate surface area is 165 Å². The maximum atomic E-state index is 12.2. The molecule has 0 fully saturated rings. The summed E-state index contributed by atoms with van der Waals surface area (Å²) in [6.07, 6.45) is 1.50. The fourth-order valence-corrected chi connectivity index (χ4v) is 4.46. The average molecular weight is 419 g/mol. The van der Waals surface area contributed by atoms with Crippen molar-refractivity contribution in [2.45, 2.75) is 21.2 Å². The van der Waals surface area contributed by atoms with Crippen molar-refractivity contribution in [3.05, 3.63) is 66.1 Å². The van der Waals surface area contributed by atoms with Gasteiger partial charge in [-0.15, -0.1) is 0 Å². The van der Waals surface area contributed by atoms with Gasteiger partial charge in [0.1, 0.15) is 5.76 Å². The zero-order valence-corrected chi connectivity index (χ0v) is 16.1. The number of hydrogen-bond acceptors (Lipinski definition) is 7. The van der Waals surface area contributed by atoms with Crippen molar-refractivity contribution in [2.24, 2.45) is 5.14 Å². The number of nitrogens with two attached hydrogens (primary N) is 2. The van der Waals surface area contributed by atoms with Crippen LogP contribution < -0.4 is 16.2 Å². The van der Waals surface area contributed by atoms with E-state index in [1.807, 2.05) is 0 Å². The van der Waals surface area contributed by atoms with Gasteiger partial charge in [-0.05, 0) is 48.5 Å². The molecule has 28 heavy (non-hydrogen) atoms. The molecule has 2 aromatic carbocycles. The van der Waals surface area contributed by atoms with E-state index in [0.29, 0.717) is 22.0 Å². The van der Waals surface area contributed by atoms with E-state index in [-0.39, 0.29) is 21.9 Å². The molecule has 1 aromatic heterocycles. The molecule has 0 aliphatic rings. The Morgan fingerprint density at radius 1 is 1.18 bits per heavy atom. The van der Waals surface area contributed by atoms with Gasteiger partial charge in [-0.1, -0.05) is 11.8 Å². The maximum absolute atomic E-state index is 12.2. The molecule has 6 N–H and O–H groups in total. The van der Waals surface area contributed by atoms with Crippen LogP contribution in [0.5, 0.6) is 0 Å². The molecule has 0 atom stereocenters. The number of hydrogen-bond donors (Lipinski definition) is 4. The number of carboxylic acid groups (broad SMARTS) is 1. The summed E-state index contributed by atoms with van der Waals surface area (Å²) in [6.45, 7) is 0.232. The molecule has 0 radical (unpaired) electrons. The van der Waals surface area contributed by atoms with E-state index in [9.17, 15) is 18.3 Å². The first-order chi connectivity index (χ1) is 13.2. The predicted molar refractivity (Wildman–Crippen MR) is 106 cm³/mol. The Morgan fingerprint density at radius 2 is 1.89 bits per heavy atom. The number of nitrogen functional groups attached to an aromatic ring is 1. The molecule has 0 aliphatic heterocycles. The normalized spacial score (nSPS) is 11.3. The topological polar surface area (TPSA) is 149 Å². The van der Waals surface area contributed by atoms with Gasteiger partial charge in [0.25, 0.3) is 0 Å². The lowest BCUT2D eigenvalue weighted by atomic mass is 10.2. The highest BCUT2D eigenvalue weighted by Gasteiger charge is 2.22. The molecule has 8 nitrogen and oxygen atoms in total. The summed E-state index contributed by atoms with van der Waals surface area (Å²) in [6, 6.07) is 12.7. The number of benzene rings is 2. The number of anilines is 2. The highest BCUT2D eigenvalue weighted by Crippen LogP contribution is 2.39. The number of aromatic carboxylic acids is 1. The van der Waals surface area contributed by atoms with Crippen LogP contribution in [0.3, 0.4) is 0 Å². The van der Waals surface area contributed by atoms with Crippen molar-refractivity contribution < 1.29 is 22.7 Å². The summed E-state index contributed by atoms with van der Waals surface area (Å²) in [7, 11) is -4.18. The third kappa shape index (κ3) is 4.66. The van der Waals surface area contributed by atoms with E-state index in [4.69, 9.17) is 15.3 Å². The van der Waals surface area contributed by atoms with Gasteiger partial charge in [0, 0.05) is 10.6 Å². The van der Waals surface area contributed by atoms with Crippen LogP contribution in [0.15, 0.2) is 73.9 Å². The Balaban J connectivity index is 2.10. The third-order valence-corrected chi connectivity index (χ3v) is 5.96. The van der Waals surface area contributed by atoms with E-state index in [2.05, 4.69) is 5.32 Å². The number of carboxylic acids is 1. The second-order valence-electron chi connectivity index (χ2n) is 5.81. The Kier molecular flexibility index (Phi) is 5.63. The first kappa shape index (κ1) is 19.8. The maximum Gasteiger partial charge on any atom is 0.335 e. The summed E-state index contributed by atoms with van der Waals surface area (Å²) in [5.74, 6) is -0.670. The lowest BCUT2D eigenvalue weighted by Crippen LogP contribution is -2.16. The standard InChI is InChI=1S/C18H17N3O5S2/c19-12-3-5-14(6-4-12)27-17-15(21-10-13-2-1-7-26-13)8-11(18(22)23)9-16(17)28(20,24)25/h1-9,21H,10,19H2,(H,22,23)(H2,20,24,25). The Bertz CT molecular complexity index is 1100. The minimum absolute atomic E-state index is 0.201. The van der Waals surface area contributed by atoms with E-state index < -0.39 is 16.0 Å². The second-order valence-corrected chi connectivity index (χ2v) is 8.42. The molecule has 0 bridgehead atoms. The largest absolute Gasteiger partial charge is 0.478 e. The van der Waals surface area contributed by atoms with Crippen LogP contribution in [0.4, 0.5) is 11.4 Å². The molecule has 3 rings (SSSR count). The molecular formula is C18H17N3O5S2. The predicted octanol–water partition coefficient (Wildman–Crippen LogP) is 2.97. The number of carbonyl (C=O) groups is 1. The second kappa shape index (κ2) is 7.97. The summed E-state index contributed by atoms with van der Waals surface area (Å²) < 4.78 is 29.6. The minimum Gasteiger partial charge on any atom is -0.478 e. The Morgan fingerprint density at radius 3 is 2.46 bits per heavy atom. The van der Waals surface area contributed by atoms with Crippen LogP contribution in [0.2, 0.25) is 0 Å². The summed E-state index contributed by atoms with van der Waals surface area (Å²) >= 11 is 1.13. The van der Waals surface area contributed by atoms with Crippen molar-refractivity contribution in [2.75, 3.05) is 11.1 Å². The monoisotopic (exact) mass is 419 g/mol. The van der Waals surface area contributed by atoms with Crippen LogP contribution in [-0.2, 0) is 16.6 Å². The average Bonchev–Trinajstić information content (AvgIpc) is 3.15. The molecule has 10 heteroatoms. The number of furan rings is 1. The molecule has 0 saturated heterocycles. The molecule has 0 unspecified atom stereocenters. The lowest BCUT2D eigenvalue weighted by Gasteiger charge is -2.16. The lowest BCUT2D eigenvalue weighted by molar-refractivity contribution is 0.0696. The Hall–Kier alpha value is -2.95. The minimum atomic E-state index is -4.18. The first-order valence-corrected chi connectivity index (χ1v) is 10.3. The summed E-state index contributed by atoms with van der Waals surface area (Å²) in [4.78, 5) is 12.2. The van der Waals surface area contributed by atoms with E-state index >= 15 is 0 Å². The van der Waals surface area contributed by atoms with Gasteiger partial charge in [0.2, 0.25) is 10.0 Å². The fourth-order valence-electron chi connectivity index (χ4n) is 2.42. The van der Waals surface area contributed by atoms with Crippen LogP contribution in [-0.4, -0.2) is 19.5 Å². The molecule has 0 amide bonds. The highest BCUT2D eigenvalue weighted by molar-refractivity contribution is 8.00. The van der Waals surface area contributed by atoms with Crippen molar-refractivity contribution >= 4 is 39.1 Å². The molecule has 0 aliphatic carbocycles. The molecule has 146 valence electrons. The SMILES string of the molecule is Nc1ccc(Sc2c(NCc3ccco3)cc(C(=O)O)cc2S(N)(=O)=O)cc1. The van der Waals surface area contributed by atoms with E-state index in [0.717, 1.165) is 17.8 Å². The zero-order valence-electron chi connectivity index (χ0n) is 14.5. The number of sulfonamides is 1. The van der Waals surface area contributed by atoms with E-state index in [1.165, 1.54) is 12.3 Å². The quantitative estimate of drug-likeness (QED) is 0.427. The van der Waals surface area contributed by atoms with Gasteiger partial charge in [0.05, 0.1) is 33.8 Å². The first-order valence-electron chi connectivity index (χ1n) is 7.98. The van der Waals surface area contributed by atoms with Gasteiger partial charge >= 0.3 is 5.97 Å². The van der Waals surface area contributed by atoms with Gasteiger partial charge in [0.15, 0.2) is 0 Å². The highest BCUT2D eigenvalue weighted by atomic mass is 32.2. The smallest absolute Gasteiger partial charge is 0.335 e. The van der Waals surface area contributed by atoms with Gasteiger partial charge in [-0.3, -0.25) is 0 Å². The molecule has 0 spiro atoms. The van der Waals surface area contributed by atoms with Crippen LogP contribution in [0, 0.1) is 0 Å². The number of nitrogens with one attached hydrogen (secondary N) is 1. The van der Waals surface area contributed by atoms with E-state index in [1.54, 1.807) is 36.4 Å². The van der Waals surface area contributed by atoms with Gasteiger partial charge < -0.3 is 20.6 Å². The van der Waals surface area contributed by atoms with Crippen molar-refractivity contribution in [3.63, 3.8) is 0 Å². The molecule has 0 saturated carbocycles. The van der Waals surface area contributed by atoms with Crippen LogP contribution in [0.1, 0.15) is 16.1 Å².